The quantitative estimate of drug-likeness (QED) is 0.252. The number of phenolic OH excluding ortho intramolecular Hbond substituents is 1. The molecule has 6 aromatic rings. The highest BCUT2D eigenvalue weighted by molar-refractivity contribution is 14.1. The summed E-state index contributed by atoms with van der Waals surface area (Å²) in [5.74, 6) is 1.62. The van der Waals surface area contributed by atoms with E-state index in [-0.39, 0.29) is 5.75 Å². The van der Waals surface area contributed by atoms with Crippen LogP contribution in [0.25, 0.3) is 44.8 Å². The highest BCUT2D eigenvalue weighted by atomic mass is 127. The molecule has 148 valence electrons. The van der Waals surface area contributed by atoms with Crippen LogP contribution < -0.4 is 4.40 Å². The standard InChI is InChI=1S/C25H15IN4O/c26-19-14-18-17-10-4-5-11-20(17)30(21(18)15-22(19)31)25-27-23-12-6-7-13-29(23)24(28-25)16-8-2-1-3-9-16/h1-15H/p+1. The molecule has 0 unspecified atom stereocenters. The Kier molecular flexibility index (Phi) is 4.14. The predicted octanol–water partition coefficient (Wildman–Crippen LogP) is 5.29. The van der Waals surface area contributed by atoms with E-state index in [1.807, 2.05) is 81.9 Å². The summed E-state index contributed by atoms with van der Waals surface area (Å²) in [6.45, 7) is 0. The highest BCUT2D eigenvalue weighted by Crippen LogP contribution is 2.35. The Hall–Kier alpha value is -3.52. The number of nitrogens with zero attached hydrogens (tertiary/aromatic N) is 4. The number of hydrogen-bond acceptors (Lipinski definition) is 3. The minimum Gasteiger partial charge on any atom is -0.507 e. The second-order valence-corrected chi connectivity index (χ2v) is 8.48. The third-order valence-corrected chi connectivity index (χ3v) is 6.32. The van der Waals surface area contributed by atoms with E-state index < -0.39 is 0 Å². The SMILES string of the molecule is Oc1cc2c(cc1I)c1ccccc1n2-c1nc(-c2ccccc2)[n+]2ccccc2n1. The monoisotopic (exact) mass is 515 g/mol. The number of hydrogen-bond donors (Lipinski definition) is 1. The molecule has 3 aromatic carbocycles. The third kappa shape index (κ3) is 2.86. The van der Waals surface area contributed by atoms with Gasteiger partial charge in [-0.1, -0.05) is 42.5 Å². The number of aromatic hydroxyl groups is 1. The van der Waals surface area contributed by atoms with Crippen molar-refractivity contribution in [1.29, 1.82) is 0 Å². The van der Waals surface area contributed by atoms with E-state index in [1.54, 1.807) is 6.07 Å². The maximum absolute atomic E-state index is 10.5. The summed E-state index contributed by atoms with van der Waals surface area (Å²) in [5.41, 5.74) is 3.68. The fraction of sp³-hybridized carbons (Fsp3) is 0. The zero-order chi connectivity index (χ0) is 20.9. The normalized spacial score (nSPS) is 11.5. The van der Waals surface area contributed by atoms with E-state index in [2.05, 4.69) is 34.7 Å². The highest BCUT2D eigenvalue weighted by Gasteiger charge is 2.23. The van der Waals surface area contributed by atoms with Crippen molar-refractivity contribution in [2.45, 2.75) is 0 Å². The minimum absolute atomic E-state index is 0.246. The molecule has 0 spiro atoms. The van der Waals surface area contributed by atoms with Crippen molar-refractivity contribution in [3.8, 4) is 23.1 Å². The van der Waals surface area contributed by atoms with Crippen molar-refractivity contribution < 1.29 is 9.51 Å². The van der Waals surface area contributed by atoms with Gasteiger partial charge in [-0.25, -0.2) is 4.57 Å². The molecule has 3 heterocycles. The Morgan fingerprint density at radius 1 is 0.774 bits per heavy atom. The number of aromatic nitrogens is 4. The van der Waals surface area contributed by atoms with Crippen LogP contribution in [0.5, 0.6) is 5.75 Å². The molecule has 31 heavy (non-hydrogen) atoms. The second-order valence-electron chi connectivity index (χ2n) is 7.32. The summed E-state index contributed by atoms with van der Waals surface area (Å²) in [5, 5.41) is 12.6. The first kappa shape index (κ1) is 18.3. The fourth-order valence-electron chi connectivity index (χ4n) is 4.06. The summed E-state index contributed by atoms with van der Waals surface area (Å²) in [7, 11) is 0. The number of para-hydroxylation sites is 1. The van der Waals surface area contributed by atoms with Crippen LogP contribution in [-0.2, 0) is 0 Å². The van der Waals surface area contributed by atoms with Gasteiger partial charge in [-0.05, 0) is 62.9 Å². The van der Waals surface area contributed by atoms with E-state index in [1.165, 1.54) is 0 Å². The van der Waals surface area contributed by atoms with Crippen molar-refractivity contribution in [2.24, 2.45) is 0 Å². The van der Waals surface area contributed by atoms with Crippen LogP contribution in [0.4, 0.5) is 0 Å². The molecule has 5 nitrogen and oxygen atoms in total. The zero-order valence-corrected chi connectivity index (χ0v) is 18.4. The van der Waals surface area contributed by atoms with Gasteiger partial charge in [-0.3, -0.25) is 0 Å². The molecule has 3 aromatic heterocycles. The lowest BCUT2D eigenvalue weighted by atomic mass is 10.1. The van der Waals surface area contributed by atoms with Crippen molar-refractivity contribution >= 4 is 50.0 Å². The van der Waals surface area contributed by atoms with Crippen LogP contribution in [0.15, 0.2) is 91.1 Å². The zero-order valence-electron chi connectivity index (χ0n) is 16.3. The molecular weight excluding hydrogens is 499 g/mol. The number of pyridine rings is 1. The summed E-state index contributed by atoms with van der Waals surface area (Å²) in [6.07, 6.45) is 1.97. The number of rotatable bonds is 2. The van der Waals surface area contributed by atoms with E-state index in [0.717, 1.165) is 42.4 Å². The van der Waals surface area contributed by atoms with E-state index in [0.29, 0.717) is 5.95 Å². The van der Waals surface area contributed by atoms with Gasteiger partial charge in [-0.2, -0.15) is 4.40 Å². The Morgan fingerprint density at radius 3 is 2.42 bits per heavy atom. The van der Waals surface area contributed by atoms with E-state index in [4.69, 9.17) is 9.97 Å². The topological polar surface area (TPSA) is 55.0 Å². The van der Waals surface area contributed by atoms with E-state index in [9.17, 15) is 5.11 Å². The Bertz CT molecular complexity index is 1610. The van der Waals surface area contributed by atoms with Crippen LogP contribution in [0, 0.1) is 3.57 Å². The second kappa shape index (κ2) is 7.02. The Labute approximate surface area is 191 Å². The number of phenols is 1. The smallest absolute Gasteiger partial charge is 0.387 e. The lowest BCUT2D eigenvalue weighted by Crippen LogP contribution is -2.28. The van der Waals surface area contributed by atoms with Gasteiger partial charge in [0.15, 0.2) is 0 Å². The van der Waals surface area contributed by atoms with Gasteiger partial charge in [0, 0.05) is 22.9 Å². The first-order valence-corrected chi connectivity index (χ1v) is 10.9. The van der Waals surface area contributed by atoms with Crippen LogP contribution >= 0.6 is 22.6 Å². The largest absolute Gasteiger partial charge is 0.507 e. The van der Waals surface area contributed by atoms with Crippen LogP contribution in [0.3, 0.4) is 0 Å². The van der Waals surface area contributed by atoms with Crippen molar-refractivity contribution in [2.75, 3.05) is 0 Å². The molecule has 0 amide bonds. The lowest BCUT2D eigenvalue weighted by Gasteiger charge is -2.05. The molecule has 6 rings (SSSR count). The minimum atomic E-state index is 0.246. The van der Waals surface area contributed by atoms with Crippen LogP contribution in [0.1, 0.15) is 0 Å². The molecule has 0 aliphatic rings. The van der Waals surface area contributed by atoms with Gasteiger partial charge in [0.1, 0.15) is 5.75 Å². The number of fused-ring (bicyclic) bond motifs is 4. The van der Waals surface area contributed by atoms with E-state index >= 15 is 0 Å². The Morgan fingerprint density at radius 2 is 1.55 bits per heavy atom. The molecule has 0 aliphatic carbocycles. The maximum atomic E-state index is 10.5. The third-order valence-electron chi connectivity index (χ3n) is 5.46. The van der Waals surface area contributed by atoms with Gasteiger partial charge in [0.2, 0.25) is 0 Å². The molecular formula is C25H16IN4O+. The van der Waals surface area contributed by atoms with Gasteiger partial charge in [0.25, 0.3) is 11.5 Å². The molecule has 0 bridgehead atoms. The summed E-state index contributed by atoms with van der Waals surface area (Å²) in [4.78, 5) is 9.88. The molecule has 6 heteroatoms. The molecule has 0 aliphatic heterocycles. The summed E-state index contributed by atoms with van der Waals surface area (Å²) >= 11 is 2.16. The molecule has 0 saturated heterocycles. The molecule has 1 N–H and O–H groups in total. The van der Waals surface area contributed by atoms with Gasteiger partial charge >= 0.3 is 5.95 Å². The maximum Gasteiger partial charge on any atom is 0.387 e. The van der Waals surface area contributed by atoms with Crippen LogP contribution in [0.2, 0.25) is 0 Å². The molecule has 0 atom stereocenters. The summed E-state index contributed by atoms with van der Waals surface area (Å²) in [6, 6.07) is 28.0. The van der Waals surface area contributed by atoms with Crippen molar-refractivity contribution in [1.82, 2.24) is 14.5 Å². The number of benzene rings is 3. The van der Waals surface area contributed by atoms with Gasteiger partial charge < -0.3 is 5.11 Å². The van der Waals surface area contributed by atoms with Gasteiger partial charge in [0.05, 0.1) is 26.4 Å². The molecule has 0 fully saturated rings. The average molecular weight is 515 g/mol. The Balaban J connectivity index is 1.76. The van der Waals surface area contributed by atoms with Gasteiger partial charge in [-0.15, -0.1) is 0 Å². The first-order valence-electron chi connectivity index (χ1n) is 9.86. The predicted molar refractivity (Wildman–Crippen MR) is 129 cm³/mol. The van der Waals surface area contributed by atoms with Crippen molar-refractivity contribution in [3.05, 3.63) is 94.7 Å². The van der Waals surface area contributed by atoms with Crippen molar-refractivity contribution in [3.63, 3.8) is 0 Å². The lowest BCUT2D eigenvalue weighted by molar-refractivity contribution is -0.505. The fourth-order valence-corrected chi connectivity index (χ4v) is 4.53. The number of halogens is 1. The molecule has 0 saturated carbocycles. The molecule has 0 radical (unpaired) electrons. The first-order chi connectivity index (χ1) is 15.2. The average Bonchev–Trinajstić information content (AvgIpc) is 3.12. The van der Waals surface area contributed by atoms with Crippen LogP contribution in [-0.4, -0.2) is 19.6 Å². The summed E-state index contributed by atoms with van der Waals surface area (Å²) < 4.78 is 4.83.